The van der Waals surface area contributed by atoms with Gasteiger partial charge in [0.1, 0.15) is 0 Å². The van der Waals surface area contributed by atoms with Gasteiger partial charge in [-0.25, -0.2) is 0 Å². The first kappa shape index (κ1) is 22.5. The first-order valence-corrected chi connectivity index (χ1v) is 13.4. The molecule has 14 atom stereocenters. The van der Waals surface area contributed by atoms with E-state index in [-0.39, 0.29) is 47.4 Å². The molecule has 0 aromatic heterocycles. The zero-order valence-corrected chi connectivity index (χ0v) is 21.5. The molecule has 0 aromatic carbocycles. The molecule has 3 saturated carbocycles. The number of aliphatic hydroxyl groups excluding tert-OH is 4. The van der Waals surface area contributed by atoms with Crippen molar-refractivity contribution in [2.24, 2.45) is 58.2 Å². The van der Waals surface area contributed by atoms with Crippen molar-refractivity contribution in [1.82, 2.24) is 0 Å². The monoisotopic (exact) mass is 483 g/mol. The van der Waals surface area contributed by atoms with E-state index in [1.54, 1.807) is 13.8 Å². The summed E-state index contributed by atoms with van der Waals surface area (Å²) in [7, 11) is 0. The van der Waals surface area contributed by atoms with Gasteiger partial charge in [0.25, 0.3) is 0 Å². The van der Waals surface area contributed by atoms with Gasteiger partial charge in [0, 0.05) is 4.11 Å². The van der Waals surface area contributed by atoms with Crippen LogP contribution in [0.3, 0.4) is 0 Å². The van der Waals surface area contributed by atoms with Crippen LogP contribution in [-0.4, -0.2) is 57.4 Å². The summed E-state index contributed by atoms with van der Waals surface area (Å²) in [5.74, 6) is -1.40. The van der Waals surface area contributed by atoms with Gasteiger partial charge in [0.05, 0.1) is 36.9 Å². The lowest BCUT2D eigenvalue weighted by molar-refractivity contribution is -0.162. The highest BCUT2D eigenvalue weighted by Gasteiger charge is 2.63. The van der Waals surface area contributed by atoms with Gasteiger partial charge in [-0.15, -0.1) is 0 Å². The molecule has 4 fully saturated rings. The van der Waals surface area contributed by atoms with Gasteiger partial charge < -0.3 is 25.2 Å². The second-order valence-electron chi connectivity index (χ2n) is 12.9. The zero-order valence-electron chi connectivity index (χ0n) is 24.5. The van der Waals surface area contributed by atoms with Crippen LogP contribution in [0.15, 0.2) is 0 Å². The average Bonchev–Trinajstić information content (AvgIpc) is 3.13. The molecule has 196 valence electrons. The maximum Gasteiger partial charge on any atom is 0.309 e. The van der Waals surface area contributed by atoms with Crippen LogP contribution in [0.1, 0.15) is 84.1 Å². The van der Waals surface area contributed by atoms with Crippen molar-refractivity contribution in [2.75, 3.05) is 6.61 Å². The molecule has 6 nitrogen and oxygen atoms in total. The molecule has 4 rings (SSSR count). The Labute approximate surface area is 209 Å². The van der Waals surface area contributed by atoms with Crippen molar-refractivity contribution in [3.63, 3.8) is 0 Å². The van der Waals surface area contributed by atoms with Crippen molar-refractivity contribution in [1.29, 1.82) is 0 Å². The Morgan fingerprint density at radius 2 is 1.68 bits per heavy atom. The van der Waals surface area contributed by atoms with Crippen molar-refractivity contribution < 1.29 is 34.1 Å². The van der Waals surface area contributed by atoms with Gasteiger partial charge in [-0.05, 0) is 90.8 Å². The third-order valence-electron chi connectivity index (χ3n) is 11.3. The number of esters is 1. The Bertz CT molecular complexity index is 852. The van der Waals surface area contributed by atoms with Crippen LogP contribution in [0.2, 0.25) is 0 Å². The van der Waals surface area contributed by atoms with Crippen molar-refractivity contribution in [3.05, 3.63) is 0 Å². The van der Waals surface area contributed by atoms with Crippen LogP contribution in [-0.2, 0) is 9.53 Å². The minimum absolute atomic E-state index is 0.102. The summed E-state index contributed by atoms with van der Waals surface area (Å²) in [6.07, 6.45) is 0.380. The van der Waals surface area contributed by atoms with Gasteiger partial charge in [-0.2, -0.15) is 0 Å². The Morgan fingerprint density at radius 1 is 1.00 bits per heavy atom. The number of aliphatic hydroxyl groups is 4. The second-order valence-corrected chi connectivity index (χ2v) is 12.9. The van der Waals surface area contributed by atoms with Crippen LogP contribution in [0.5, 0.6) is 0 Å². The number of cyclic esters (lactones) is 1. The predicted molar refractivity (Wildman–Crippen MR) is 130 cm³/mol. The molecule has 1 unspecified atom stereocenters. The SMILES string of the molecule is [2H]C([2H])([2H])C(C)[C@@H](C)[C@@H](O)[C@H](O)[C@@H](C)[C@H]1CC[C@H]2[C@@H]3COC(=O)[C@H]4C[C@H](O)[C@H](O)C[C@]4(C)[C@H]3CC[C@]12C. The molecule has 1 saturated heterocycles. The van der Waals surface area contributed by atoms with E-state index in [9.17, 15) is 25.2 Å². The fourth-order valence-electron chi connectivity index (χ4n) is 8.85. The van der Waals surface area contributed by atoms with Gasteiger partial charge in [-0.1, -0.05) is 41.5 Å². The van der Waals surface area contributed by atoms with Crippen molar-refractivity contribution in [3.8, 4) is 0 Å². The Hall–Kier alpha value is -0.690. The molecule has 34 heavy (non-hydrogen) atoms. The largest absolute Gasteiger partial charge is 0.465 e. The highest BCUT2D eigenvalue weighted by Crippen LogP contribution is 2.66. The summed E-state index contributed by atoms with van der Waals surface area (Å²) in [6, 6.07) is 0. The van der Waals surface area contributed by atoms with Crippen molar-refractivity contribution >= 4 is 5.97 Å². The predicted octanol–water partition coefficient (Wildman–Crippen LogP) is 3.39. The molecule has 0 amide bonds. The molecule has 6 heteroatoms. The molecule has 1 heterocycles. The van der Waals surface area contributed by atoms with Gasteiger partial charge in [-0.3, -0.25) is 4.79 Å². The summed E-state index contributed by atoms with van der Waals surface area (Å²) >= 11 is 0. The number of fused-ring (bicyclic) bond motifs is 5. The second kappa shape index (κ2) is 9.32. The fraction of sp³-hybridized carbons (Fsp3) is 0.964. The summed E-state index contributed by atoms with van der Waals surface area (Å²) in [5.41, 5.74) is -0.534. The normalized spacial score (nSPS) is 50.6. The van der Waals surface area contributed by atoms with E-state index < -0.39 is 54.4 Å². The first-order valence-electron chi connectivity index (χ1n) is 14.9. The Morgan fingerprint density at radius 3 is 2.35 bits per heavy atom. The van der Waals surface area contributed by atoms with Gasteiger partial charge >= 0.3 is 5.97 Å². The molecular weight excluding hydrogens is 432 g/mol. The topological polar surface area (TPSA) is 107 Å². The van der Waals surface area contributed by atoms with Crippen LogP contribution in [0.25, 0.3) is 0 Å². The lowest BCUT2D eigenvalue weighted by atomic mass is 9.48. The molecular formula is C28H48O6. The van der Waals surface area contributed by atoms with E-state index in [0.29, 0.717) is 13.0 Å². The molecule has 3 aliphatic carbocycles. The standard InChI is InChI=1S/C28H48O6/c1-14(2)15(3)24(31)25(32)16(4)18-7-8-19-17-13-34-26(33)21-11-22(29)23(30)12-28(21,6)20(17)9-10-27(18,19)5/h14-25,29-32H,7-13H2,1-6H3/t15-,16+,17+,18-,19+,20+,21-,22+,23-,24-,25-,27-,28-/m1/s1/i1D3/t14?,15-,16+,17+,18-,19+,20+,21-,22+,23-,24-,25-,27-,28-. The molecule has 0 radical (unpaired) electrons. The van der Waals surface area contributed by atoms with Crippen molar-refractivity contribution in [2.45, 2.75) is 104 Å². The first-order chi connectivity index (χ1) is 17.0. The highest BCUT2D eigenvalue weighted by molar-refractivity contribution is 5.74. The van der Waals surface area contributed by atoms with Crippen LogP contribution in [0, 0.1) is 58.2 Å². The van der Waals surface area contributed by atoms with E-state index in [1.165, 1.54) is 0 Å². The minimum atomic E-state index is -2.19. The van der Waals surface area contributed by atoms with E-state index in [4.69, 9.17) is 8.85 Å². The third-order valence-corrected chi connectivity index (χ3v) is 11.3. The van der Waals surface area contributed by atoms with Crippen LogP contribution < -0.4 is 0 Å². The number of rotatable bonds is 5. The number of carbonyl (C=O) groups excluding carboxylic acids is 1. The van der Waals surface area contributed by atoms with E-state index in [2.05, 4.69) is 13.8 Å². The number of hydrogen-bond acceptors (Lipinski definition) is 6. The third kappa shape index (κ3) is 4.05. The molecule has 0 bridgehead atoms. The van der Waals surface area contributed by atoms with E-state index >= 15 is 0 Å². The number of carbonyl (C=O) groups is 1. The molecule has 0 aromatic rings. The lowest BCUT2D eigenvalue weighted by Crippen LogP contribution is -2.55. The summed E-state index contributed by atoms with van der Waals surface area (Å²) < 4.78 is 29.0. The smallest absolute Gasteiger partial charge is 0.309 e. The molecule has 0 spiro atoms. The number of hydrogen-bond donors (Lipinski definition) is 4. The fourth-order valence-corrected chi connectivity index (χ4v) is 8.85. The summed E-state index contributed by atoms with van der Waals surface area (Å²) in [5, 5.41) is 43.1. The van der Waals surface area contributed by atoms with Gasteiger partial charge in [0.15, 0.2) is 0 Å². The molecule has 4 aliphatic rings. The van der Waals surface area contributed by atoms with Crippen LogP contribution >= 0.6 is 0 Å². The Balaban J connectivity index is 1.55. The quantitative estimate of drug-likeness (QED) is 0.447. The number of ether oxygens (including phenoxy) is 1. The van der Waals surface area contributed by atoms with E-state index in [1.807, 2.05) is 6.92 Å². The highest BCUT2D eigenvalue weighted by atomic mass is 16.5. The molecule has 1 aliphatic heterocycles. The maximum absolute atomic E-state index is 13.0. The van der Waals surface area contributed by atoms with Gasteiger partial charge in [0.2, 0.25) is 0 Å². The maximum atomic E-state index is 13.0. The average molecular weight is 484 g/mol. The summed E-state index contributed by atoms with van der Waals surface area (Å²) in [6.45, 7) is 7.82. The summed E-state index contributed by atoms with van der Waals surface area (Å²) in [4.78, 5) is 13.0. The zero-order chi connectivity index (χ0) is 27.7. The van der Waals surface area contributed by atoms with Crippen LogP contribution in [0.4, 0.5) is 0 Å². The minimum Gasteiger partial charge on any atom is -0.465 e. The molecule has 4 N–H and O–H groups in total. The lowest BCUT2D eigenvalue weighted by Gasteiger charge is -2.56. The van der Waals surface area contributed by atoms with E-state index in [0.717, 1.165) is 25.7 Å². The Kier molecular flexibility index (Phi) is 6.17.